The first kappa shape index (κ1) is 13.5. The molecule has 1 saturated heterocycles. The van der Waals surface area contributed by atoms with Crippen molar-refractivity contribution in [3.05, 3.63) is 30.1 Å². The van der Waals surface area contributed by atoms with Crippen molar-refractivity contribution in [3.8, 4) is 0 Å². The Kier molecular flexibility index (Phi) is 4.69. The number of hydrogen-bond donors (Lipinski definition) is 2. The maximum atomic E-state index is 9.49. The van der Waals surface area contributed by atoms with Gasteiger partial charge in [-0.3, -0.25) is 9.88 Å². The largest absolute Gasteiger partial charge is 0.395 e. The van der Waals surface area contributed by atoms with Crippen molar-refractivity contribution in [2.24, 2.45) is 5.73 Å². The molecule has 0 radical (unpaired) electrons. The van der Waals surface area contributed by atoms with Crippen LogP contribution in [0.1, 0.15) is 37.8 Å². The molecule has 3 atom stereocenters. The SMILES string of the molecule is CCC(N)C(c1cccnc1)N1CCCC1CO. The Hall–Kier alpha value is -0.970. The third-order valence-corrected chi connectivity index (χ3v) is 3.89. The van der Waals surface area contributed by atoms with Gasteiger partial charge in [-0.1, -0.05) is 13.0 Å². The van der Waals surface area contributed by atoms with Crippen LogP contribution in [0.15, 0.2) is 24.5 Å². The standard InChI is InChI=1S/C14H23N3O/c1-2-13(15)14(11-5-3-7-16-9-11)17-8-4-6-12(17)10-18/h3,5,7,9,12-14,18H,2,4,6,8,10,15H2,1H3. The summed E-state index contributed by atoms with van der Waals surface area (Å²) in [6.45, 7) is 3.34. The van der Waals surface area contributed by atoms with Crippen molar-refractivity contribution in [2.75, 3.05) is 13.2 Å². The summed E-state index contributed by atoms with van der Waals surface area (Å²) in [6.07, 6.45) is 6.80. The molecule has 4 heteroatoms. The lowest BCUT2D eigenvalue weighted by molar-refractivity contribution is 0.104. The van der Waals surface area contributed by atoms with E-state index in [-0.39, 0.29) is 24.7 Å². The number of pyridine rings is 1. The summed E-state index contributed by atoms with van der Waals surface area (Å²) >= 11 is 0. The Bertz CT molecular complexity index is 357. The monoisotopic (exact) mass is 249 g/mol. The van der Waals surface area contributed by atoms with Crippen LogP contribution in [0.3, 0.4) is 0 Å². The van der Waals surface area contributed by atoms with Crippen molar-refractivity contribution in [3.63, 3.8) is 0 Å². The Morgan fingerprint density at radius 2 is 2.44 bits per heavy atom. The molecule has 0 amide bonds. The van der Waals surface area contributed by atoms with Crippen LogP contribution in [-0.2, 0) is 0 Å². The molecule has 100 valence electrons. The van der Waals surface area contributed by atoms with Crippen molar-refractivity contribution in [1.82, 2.24) is 9.88 Å². The number of aromatic nitrogens is 1. The van der Waals surface area contributed by atoms with E-state index < -0.39 is 0 Å². The Morgan fingerprint density at radius 3 is 3.06 bits per heavy atom. The number of nitrogens with zero attached hydrogens (tertiary/aromatic N) is 2. The summed E-state index contributed by atoms with van der Waals surface area (Å²) in [5.41, 5.74) is 7.45. The smallest absolute Gasteiger partial charge is 0.0587 e. The van der Waals surface area contributed by atoms with Crippen LogP contribution in [0.2, 0.25) is 0 Å². The molecular weight excluding hydrogens is 226 g/mol. The highest BCUT2D eigenvalue weighted by molar-refractivity contribution is 5.17. The predicted octanol–water partition coefficient (Wildman–Crippen LogP) is 1.32. The Balaban J connectivity index is 2.25. The van der Waals surface area contributed by atoms with Crippen LogP contribution < -0.4 is 5.73 Å². The zero-order valence-corrected chi connectivity index (χ0v) is 11.0. The Morgan fingerprint density at radius 1 is 1.61 bits per heavy atom. The van der Waals surface area contributed by atoms with E-state index in [1.54, 1.807) is 6.20 Å². The molecule has 3 unspecified atom stereocenters. The van der Waals surface area contributed by atoms with Gasteiger partial charge in [-0.15, -0.1) is 0 Å². The number of likely N-dealkylation sites (tertiary alicyclic amines) is 1. The van der Waals surface area contributed by atoms with Crippen molar-refractivity contribution in [2.45, 2.75) is 44.3 Å². The summed E-state index contributed by atoms with van der Waals surface area (Å²) in [5.74, 6) is 0. The second kappa shape index (κ2) is 6.27. The first-order chi connectivity index (χ1) is 8.77. The lowest BCUT2D eigenvalue weighted by Gasteiger charge is -2.36. The van der Waals surface area contributed by atoms with Gasteiger partial charge in [-0.2, -0.15) is 0 Å². The number of aliphatic hydroxyl groups is 1. The van der Waals surface area contributed by atoms with Crippen molar-refractivity contribution < 1.29 is 5.11 Å². The maximum absolute atomic E-state index is 9.49. The van der Waals surface area contributed by atoms with Gasteiger partial charge >= 0.3 is 0 Å². The molecule has 0 aromatic carbocycles. The molecule has 0 aliphatic carbocycles. The Labute approximate surface area is 109 Å². The van der Waals surface area contributed by atoms with Gasteiger partial charge in [0.15, 0.2) is 0 Å². The van der Waals surface area contributed by atoms with E-state index in [1.807, 2.05) is 12.3 Å². The van der Waals surface area contributed by atoms with E-state index in [2.05, 4.69) is 22.9 Å². The molecule has 2 heterocycles. The minimum absolute atomic E-state index is 0.0846. The van der Waals surface area contributed by atoms with E-state index in [9.17, 15) is 5.11 Å². The molecular formula is C14H23N3O. The topological polar surface area (TPSA) is 62.4 Å². The molecule has 18 heavy (non-hydrogen) atoms. The van der Waals surface area contributed by atoms with E-state index in [4.69, 9.17) is 5.73 Å². The number of nitrogens with two attached hydrogens (primary N) is 1. The lowest BCUT2D eigenvalue weighted by atomic mass is 9.97. The molecule has 1 aliphatic heterocycles. The summed E-state index contributed by atoms with van der Waals surface area (Å²) in [7, 11) is 0. The van der Waals surface area contributed by atoms with Gasteiger partial charge in [0, 0.05) is 24.5 Å². The average Bonchev–Trinajstić information content (AvgIpc) is 2.88. The van der Waals surface area contributed by atoms with Crippen LogP contribution in [-0.4, -0.2) is 40.2 Å². The molecule has 1 aliphatic rings. The normalized spacial score (nSPS) is 24.1. The molecule has 0 saturated carbocycles. The molecule has 4 nitrogen and oxygen atoms in total. The number of hydrogen-bond acceptors (Lipinski definition) is 4. The molecule has 1 fully saturated rings. The zero-order valence-electron chi connectivity index (χ0n) is 11.0. The maximum Gasteiger partial charge on any atom is 0.0587 e. The fourth-order valence-electron chi connectivity index (χ4n) is 2.88. The molecule has 1 aromatic heterocycles. The molecule has 1 aromatic rings. The molecule has 2 rings (SSSR count). The highest BCUT2D eigenvalue weighted by Crippen LogP contribution is 2.31. The average molecular weight is 249 g/mol. The second-order valence-electron chi connectivity index (χ2n) is 5.02. The second-order valence-corrected chi connectivity index (χ2v) is 5.02. The van der Waals surface area contributed by atoms with Gasteiger partial charge in [0.05, 0.1) is 12.6 Å². The minimum atomic E-state index is 0.0846. The highest BCUT2D eigenvalue weighted by atomic mass is 16.3. The summed E-state index contributed by atoms with van der Waals surface area (Å²) in [6, 6.07) is 4.53. The van der Waals surface area contributed by atoms with Gasteiger partial charge in [-0.25, -0.2) is 0 Å². The third kappa shape index (κ3) is 2.71. The van der Waals surface area contributed by atoms with E-state index in [1.165, 1.54) is 0 Å². The summed E-state index contributed by atoms with van der Waals surface area (Å²) in [5, 5.41) is 9.49. The van der Waals surface area contributed by atoms with Crippen molar-refractivity contribution in [1.29, 1.82) is 0 Å². The quantitative estimate of drug-likeness (QED) is 0.826. The van der Waals surface area contributed by atoms with E-state index in [0.29, 0.717) is 0 Å². The third-order valence-electron chi connectivity index (χ3n) is 3.89. The fraction of sp³-hybridized carbons (Fsp3) is 0.643. The first-order valence-corrected chi connectivity index (χ1v) is 6.80. The summed E-state index contributed by atoms with van der Waals surface area (Å²) < 4.78 is 0. The lowest BCUT2D eigenvalue weighted by Crippen LogP contribution is -2.44. The van der Waals surface area contributed by atoms with Gasteiger partial charge in [0.2, 0.25) is 0 Å². The number of aliphatic hydroxyl groups excluding tert-OH is 1. The van der Waals surface area contributed by atoms with Crippen LogP contribution in [0.5, 0.6) is 0 Å². The zero-order chi connectivity index (χ0) is 13.0. The first-order valence-electron chi connectivity index (χ1n) is 6.80. The van der Waals surface area contributed by atoms with Crippen LogP contribution in [0.25, 0.3) is 0 Å². The van der Waals surface area contributed by atoms with Gasteiger partial charge in [0.1, 0.15) is 0 Å². The van der Waals surface area contributed by atoms with E-state index >= 15 is 0 Å². The van der Waals surface area contributed by atoms with Gasteiger partial charge in [-0.05, 0) is 37.4 Å². The molecule has 0 spiro atoms. The van der Waals surface area contributed by atoms with Crippen LogP contribution in [0.4, 0.5) is 0 Å². The minimum Gasteiger partial charge on any atom is -0.395 e. The predicted molar refractivity (Wildman–Crippen MR) is 72.1 cm³/mol. The van der Waals surface area contributed by atoms with Crippen LogP contribution in [0, 0.1) is 0 Å². The van der Waals surface area contributed by atoms with E-state index in [0.717, 1.165) is 31.4 Å². The van der Waals surface area contributed by atoms with Crippen molar-refractivity contribution >= 4 is 0 Å². The fourth-order valence-corrected chi connectivity index (χ4v) is 2.88. The van der Waals surface area contributed by atoms with Gasteiger partial charge in [0.25, 0.3) is 0 Å². The molecule has 3 N–H and O–H groups in total. The number of rotatable bonds is 5. The highest BCUT2D eigenvalue weighted by Gasteiger charge is 2.33. The van der Waals surface area contributed by atoms with Gasteiger partial charge < -0.3 is 10.8 Å². The summed E-state index contributed by atoms with van der Waals surface area (Å²) in [4.78, 5) is 6.55. The molecule has 0 bridgehead atoms. The van der Waals surface area contributed by atoms with Crippen LogP contribution >= 0.6 is 0 Å².